The van der Waals surface area contributed by atoms with Crippen molar-refractivity contribution in [2.45, 2.75) is 22.1 Å². The molecule has 1 fully saturated rings. The van der Waals surface area contributed by atoms with Gasteiger partial charge in [-0.3, -0.25) is 0 Å². The van der Waals surface area contributed by atoms with Crippen LogP contribution in [0.4, 0.5) is 0 Å². The highest BCUT2D eigenvalue weighted by Gasteiger charge is 2.44. The number of aliphatic hydroxyl groups excluding tert-OH is 2. The fourth-order valence-electron chi connectivity index (χ4n) is 1.11. The van der Waals surface area contributed by atoms with Gasteiger partial charge in [-0.05, 0) is 0 Å². The maximum atomic E-state index is 9.52. The topological polar surface area (TPSA) is 58.9 Å². The van der Waals surface area contributed by atoms with Gasteiger partial charge in [0.1, 0.15) is 43.1 Å². The molecular formula is C6H6BI3O4. The van der Waals surface area contributed by atoms with Gasteiger partial charge >= 0.3 is 0 Å². The zero-order valence-electron chi connectivity index (χ0n) is 6.73. The zero-order chi connectivity index (χ0) is 10.9. The smallest absolute Gasteiger partial charge is 0.194 e. The van der Waals surface area contributed by atoms with Gasteiger partial charge in [0.15, 0.2) is 9.53 Å². The maximum absolute atomic E-state index is 9.52. The number of rotatable bonds is 2. The van der Waals surface area contributed by atoms with Crippen molar-refractivity contribution in [2.75, 3.05) is 0 Å². The van der Waals surface area contributed by atoms with Crippen LogP contribution in [-0.4, -0.2) is 40.2 Å². The molecule has 0 aromatic rings. The maximum Gasteiger partial charge on any atom is 0.194 e. The normalized spacial score (nSPS) is 39.6. The van der Waals surface area contributed by atoms with E-state index in [9.17, 15) is 5.11 Å². The Morgan fingerprint density at radius 2 is 2.00 bits per heavy atom. The van der Waals surface area contributed by atoms with E-state index in [1.54, 1.807) is 45.6 Å². The van der Waals surface area contributed by atoms with Crippen molar-refractivity contribution in [2.24, 2.45) is 0 Å². The third-order valence-electron chi connectivity index (χ3n) is 1.81. The lowest BCUT2D eigenvalue weighted by Gasteiger charge is -2.16. The first-order valence-electron chi connectivity index (χ1n) is 3.59. The number of halogens is 3. The summed E-state index contributed by atoms with van der Waals surface area (Å²) in [4.78, 5) is 0. The van der Waals surface area contributed by atoms with Crippen LogP contribution in [0.5, 0.6) is 0 Å². The minimum absolute atomic E-state index is 0.0626. The molecule has 0 amide bonds. The summed E-state index contributed by atoms with van der Waals surface area (Å²) in [5.41, 5.74) is 0. The molecule has 0 saturated carbocycles. The van der Waals surface area contributed by atoms with Crippen LogP contribution in [0.25, 0.3) is 0 Å². The highest BCUT2D eigenvalue weighted by Crippen LogP contribution is 2.34. The SMILES string of the molecule is [B][C@@H]1O[C@H](/C(O)=C(\O)I)[C@@H](OI)[C@H]1I. The summed E-state index contributed by atoms with van der Waals surface area (Å²) in [5, 5.41) is 18.6. The Morgan fingerprint density at radius 1 is 1.43 bits per heavy atom. The summed E-state index contributed by atoms with van der Waals surface area (Å²) in [6, 6.07) is -0.502. The van der Waals surface area contributed by atoms with E-state index in [1.807, 2.05) is 0 Å². The summed E-state index contributed by atoms with van der Waals surface area (Å²) in [7, 11) is 5.64. The van der Waals surface area contributed by atoms with E-state index in [0.717, 1.165) is 0 Å². The van der Waals surface area contributed by atoms with Gasteiger partial charge in [0.25, 0.3) is 0 Å². The molecular weight excluding hydrogens is 528 g/mol. The van der Waals surface area contributed by atoms with Crippen LogP contribution in [-0.2, 0) is 7.80 Å². The lowest BCUT2D eigenvalue weighted by molar-refractivity contribution is 0.0474. The molecule has 0 aliphatic carbocycles. The average Bonchev–Trinajstić information content (AvgIpc) is 2.41. The Bertz CT molecular complexity index is 245. The van der Waals surface area contributed by atoms with E-state index in [-0.39, 0.29) is 19.6 Å². The van der Waals surface area contributed by atoms with Crippen LogP contribution in [0.15, 0.2) is 9.53 Å². The van der Waals surface area contributed by atoms with E-state index in [0.29, 0.717) is 0 Å². The van der Waals surface area contributed by atoms with Gasteiger partial charge in [0, 0.05) is 28.6 Å². The third kappa shape index (κ3) is 2.80. The largest absolute Gasteiger partial charge is 0.506 e. The molecule has 1 aliphatic rings. The van der Waals surface area contributed by atoms with E-state index in [4.69, 9.17) is 20.8 Å². The summed E-state index contributed by atoms with van der Waals surface area (Å²) >= 11 is 5.43. The summed E-state index contributed by atoms with van der Waals surface area (Å²) in [6.45, 7) is 0. The molecule has 2 radical (unpaired) electrons. The Labute approximate surface area is 124 Å². The fraction of sp³-hybridized carbons (Fsp3) is 0.667. The van der Waals surface area contributed by atoms with Gasteiger partial charge in [0.2, 0.25) is 0 Å². The molecule has 1 heterocycles. The van der Waals surface area contributed by atoms with Crippen LogP contribution in [0.2, 0.25) is 0 Å². The van der Waals surface area contributed by atoms with Crippen molar-refractivity contribution in [1.29, 1.82) is 0 Å². The Hall–Kier alpha value is 1.51. The Balaban J connectivity index is 2.85. The predicted molar refractivity (Wildman–Crippen MR) is 77.4 cm³/mol. The van der Waals surface area contributed by atoms with Crippen molar-refractivity contribution >= 4 is 76.0 Å². The van der Waals surface area contributed by atoms with E-state index in [1.165, 1.54) is 0 Å². The van der Waals surface area contributed by atoms with Crippen LogP contribution in [0, 0.1) is 0 Å². The van der Waals surface area contributed by atoms with Crippen molar-refractivity contribution in [1.82, 2.24) is 0 Å². The molecule has 8 heteroatoms. The Morgan fingerprint density at radius 3 is 2.43 bits per heavy atom. The van der Waals surface area contributed by atoms with Gasteiger partial charge in [-0.2, -0.15) is 0 Å². The third-order valence-corrected chi connectivity index (χ3v) is 4.37. The second-order valence-corrected chi connectivity index (χ2v) is 5.66. The molecule has 78 valence electrons. The van der Waals surface area contributed by atoms with Gasteiger partial charge in [-0.25, -0.2) is 0 Å². The second-order valence-electron chi connectivity index (χ2n) is 2.70. The number of aliphatic hydroxyl groups is 2. The summed E-state index contributed by atoms with van der Waals surface area (Å²) < 4.78 is 10.1. The van der Waals surface area contributed by atoms with Crippen LogP contribution in [0.1, 0.15) is 0 Å². The molecule has 4 nitrogen and oxygen atoms in total. The molecule has 2 N–H and O–H groups in total. The van der Waals surface area contributed by atoms with E-state index in [2.05, 4.69) is 22.6 Å². The molecule has 0 unspecified atom stereocenters. The molecule has 14 heavy (non-hydrogen) atoms. The minimum Gasteiger partial charge on any atom is -0.506 e. The molecule has 0 bridgehead atoms. The molecule has 1 saturated heterocycles. The summed E-state index contributed by atoms with van der Waals surface area (Å²) in [5.74, 6) is -0.234. The number of alkyl halides is 1. The molecule has 1 aliphatic heterocycles. The molecule has 1 rings (SSSR count). The minimum atomic E-state index is -0.694. The lowest BCUT2D eigenvalue weighted by atomic mass is 9.96. The molecule has 0 aromatic heterocycles. The predicted octanol–water partition coefficient (Wildman–Crippen LogP) is 2.14. The first kappa shape index (κ1) is 13.6. The lowest BCUT2D eigenvalue weighted by Crippen LogP contribution is -2.30. The highest BCUT2D eigenvalue weighted by atomic mass is 127. The van der Waals surface area contributed by atoms with Gasteiger partial charge in [-0.15, -0.1) is 0 Å². The van der Waals surface area contributed by atoms with Crippen LogP contribution >= 0.6 is 68.2 Å². The van der Waals surface area contributed by atoms with Gasteiger partial charge < -0.3 is 18.0 Å². The van der Waals surface area contributed by atoms with Crippen molar-refractivity contribution < 1.29 is 18.0 Å². The van der Waals surface area contributed by atoms with Crippen molar-refractivity contribution in [3.8, 4) is 0 Å². The number of hydrogen-bond acceptors (Lipinski definition) is 4. The summed E-state index contributed by atoms with van der Waals surface area (Å²) in [6.07, 6.45) is -1.05. The van der Waals surface area contributed by atoms with E-state index >= 15 is 0 Å². The van der Waals surface area contributed by atoms with E-state index < -0.39 is 12.1 Å². The van der Waals surface area contributed by atoms with Crippen molar-refractivity contribution in [3.05, 3.63) is 9.53 Å². The first-order chi connectivity index (χ1) is 6.49. The first-order valence-corrected chi connectivity index (χ1v) is 6.79. The Kier molecular flexibility index (Phi) is 5.56. The zero-order valence-corrected chi connectivity index (χ0v) is 13.2. The van der Waals surface area contributed by atoms with Gasteiger partial charge in [0.05, 0.1) is 3.92 Å². The standard InChI is InChI=1S/C6H6BI3O4/c7-5-1(8)3(14-10)4(13-5)2(11)6(9)12/h1,3-5,11-12H/b6-2+/t1-,3+,4-,5-/m1/s1. The van der Waals surface area contributed by atoms with Crippen LogP contribution in [0.3, 0.4) is 0 Å². The quantitative estimate of drug-likeness (QED) is 0.247. The number of ether oxygens (including phenoxy) is 1. The van der Waals surface area contributed by atoms with Crippen LogP contribution < -0.4 is 0 Å². The highest BCUT2D eigenvalue weighted by molar-refractivity contribution is 14.1. The molecule has 0 aromatic carbocycles. The van der Waals surface area contributed by atoms with Gasteiger partial charge in [-0.1, -0.05) is 22.6 Å². The van der Waals surface area contributed by atoms with Crippen molar-refractivity contribution in [3.63, 3.8) is 0 Å². The monoisotopic (exact) mass is 534 g/mol. The molecule has 0 spiro atoms. The fourth-order valence-corrected chi connectivity index (χ4v) is 3.25. The second kappa shape index (κ2) is 5.73. The number of hydrogen-bond donors (Lipinski definition) is 2. The average molecular weight is 534 g/mol. The molecule has 4 atom stereocenters.